The molecule has 0 N–H and O–H groups in total. The molecule has 0 radical (unpaired) electrons. The Labute approximate surface area is 105 Å². The van der Waals surface area contributed by atoms with E-state index in [1.54, 1.807) is 6.20 Å². The standard InChI is InChI=1S/C12H15ClN4/c1-9-8-11-12(14-5-7-17(11)15-9)16(6-4-13)10-2-3-10/h5,7-8,10H,2-4,6H2,1H3. The van der Waals surface area contributed by atoms with Crippen LogP contribution in [0.15, 0.2) is 18.5 Å². The molecule has 0 atom stereocenters. The van der Waals surface area contributed by atoms with Crippen LogP contribution in [-0.4, -0.2) is 33.1 Å². The van der Waals surface area contributed by atoms with E-state index in [4.69, 9.17) is 11.6 Å². The van der Waals surface area contributed by atoms with Gasteiger partial charge in [0.15, 0.2) is 5.82 Å². The normalized spacial score (nSPS) is 15.4. The van der Waals surface area contributed by atoms with Crippen LogP contribution >= 0.6 is 11.6 Å². The first-order valence-corrected chi connectivity index (χ1v) is 6.46. The lowest BCUT2D eigenvalue weighted by molar-refractivity contribution is 0.805. The SMILES string of the molecule is Cc1cc2c(N(CCCl)C3CC3)nccn2n1. The lowest BCUT2D eigenvalue weighted by atomic mass is 10.3. The van der Waals surface area contributed by atoms with E-state index in [0.717, 1.165) is 23.6 Å². The number of aryl methyl sites for hydroxylation is 1. The van der Waals surface area contributed by atoms with Gasteiger partial charge in [-0.3, -0.25) is 0 Å². The largest absolute Gasteiger partial charge is 0.351 e. The number of alkyl halides is 1. The predicted molar refractivity (Wildman–Crippen MR) is 68.8 cm³/mol. The number of nitrogens with zero attached hydrogens (tertiary/aromatic N) is 4. The van der Waals surface area contributed by atoms with Crippen LogP contribution in [0, 0.1) is 6.92 Å². The molecule has 0 bridgehead atoms. The molecule has 1 aliphatic rings. The number of aromatic nitrogens is 3. The predicted octanol–water partition coefficient (Wildman–Crippen LogP) is 2.25. The fourth-order valence-electron chi connectivity index (χ4n) is 2.19. The van der Waals surface area contributed by atoms with E-state index in [2.05, 4.69) is 21.0 Å². The molecule has 17 heavy (non-hydrogen) atoms. The molecule has 0 unspecified atom stereocenters. The monoisotopic (exact) mass is 250 g/mol. The van der Waals surface area contributed by atoms with E-state index >= 15 is 0 Å². The first-order chi connectivity index (χ1) is 8.29. The highest BCUT2D eigenvalue weighted by Gasteiger charge is 2.30. The second-order valence-electron chi connectivity index (χ2n) is 4.48. The fraction of sp³-hybridized carbons (Fsp3) is 0.500. The number of anilines is 1. The molecule has 5 heteroatoms. The Balaban J connectivity index is 2.07. The van der Waals surface area contributed by atoms with E-state index in [9.17, 15) is 0 Å². The average Bonchev–Trinajstić information content (AvgIpc) is 3.07. The summed E-state index contributed by atoms with van der Waals surface area (Å²) in [5, 5.41) is 4.41. The van der Waals surface area contributed by atoms with Crippen molar-refractivity contribution in [2.45, 2.75) is 25.8 Å². The summed E-state index contributed by atoms with van der Waals surface area (Å²) < 4.78 is 1.89. The van der Waals surface area contributed by atoms with Crippen molar-refractivity contribution in [1.29, 1.82) is 0 Å². The third-order valence-corrected chi connectivity index (χ3v) is 3.25. The van der Waals surface area contributed by atoms with Crippen LogP contribution in [0.25, 0.3) is 5.52 Å². The zero-order chi connectivity index (χ0) is 11.8. The first-order valence-electron chi connectivity index (χ1n) is 5.93. The van der Waals surface area contributed by atoms with Crippen LogP contribution in [0.1, 0.15) is 18.5 Å². The maximum atomic E-state index is 5.88. The molecule has 0 saturated heterocycles. The number of hydrogen-bond acceptors (Lipinski definition) is 3. The van der Waals surface area contributed by atoms with Gasteiger partial charge in [0.1, 0.15) is 5.52 Å². The van der Waals surface area contributed by atoms with Gasteiger partial charge in [0.05, 0.1) is 5.69 Å². The van der Waals surface area contributed by atoms with E-state index in [0.29, 0.717) is 11.9 Å². The fourth-order valence-corrected chi connectivity index (χ4v) is 2.37. The van der Waals surface area contributed by atoms with E-state index in [-0.39, 0.29) is 0 Å². The van der Waals surface area contributed by atoms with Gasteiger partial charge in [-0.2, -0.15) is 5.10 Å². The molecule has 2 heterocycles. The molecule has 0 aliphatic heterocycles. The van der Waals surface area contributed by atoms with Crippen LogP contribution in [-0.2, 0) is 0 Å². The summed E-state index contributed by atoms with van der Waals surface area (Å²) in [5.41, 5.74) is 2.09. The number of hydrogen-bond donors (Lipinski definition) is 0. The third-order valence-electron chi connectivity index (χ3n) is 3.08. The Morgan fingerprint density at radius 2 is 2.35 bits per heavy atom. The summed E-state index contributed by atoms with van der Waals surface area (Å²) in [4.78, 5) is 6.82. The van der Waals surface area contributed by atoms with E-state index in [1.165, 1.54) is 12.8 Å². The highest BCUT2D eigenvalue weighted by Crippen LogP contribution is 2.32. The molecule has 0 amide bonds. The van der Waals surface area contributed by atoms with Gasteiger partial charge >= 0.3 is 0 Å². The van der Waals surface area contributed by atoms with Crippen LogP contribution in [0.3, 0.4) is 0 Å². The van der Waals surface area contributed by atoms with Gasteiger partial charge in [0.25, 0.3) is 0 Å². The molecular weight excluding hydrogens is 236 g/mol. The lowest BCUT2D eigenvalue weighted by Crippen LogP contribution is -2.29. The number of rotatable bonds is 4. The summed E-state index contributed by atoms with van der Waals surface area (Å²) >= 11 is 5.88. The molecule has 3 rings (SSSR count). The molecule has 0 aromatic carbocycles. The highest BCUT2D eigenvalue weighted by molar-refractivity contribution is 6.18. The molecular formula is C12H15ClN4. The van der Waals surface area contributed by atoms with Crippen LogP contribution < -0.4 is 4.90 Å². The van der Waals surface area contributed by atoms with Crippen molar-refractivity contribution in [2.24, 2.45) is 0 Å². The minimum atomic E-state index is 0.614. The van der Waals surface area contributed by atoms with Crippen molar-refractivity contribution in [1.82, 2.24) is 14.6 Å². The van der Waals surface area contributed by atoms with Gasteiger partial charge in [-0.15, -0.1) is 11.6 Å². The van der Waals surface area contributed by atoms with Crippen molar-refractivity contribution in [3.8, 4) is 0 Å². The van der Waals surface area contributed by atoms with Crippen molar-refractivity contribution in [3.05, 3.63) is 24.2 Å². The molecule has 90 valence electrons. The molecule has 2 aromatic rings. The highest BCUT2D eigenvalue weighted by atomic mass is 35.5. The van der Waals surface area contributed by atoms with Crippen LogP contribution in [0.5, 0.6) is 0 Å². The maximum absolute atomic E-state index is 5.88. The molecule has 1 aliphatic carbocycles. The van der Waals surface area contributed by atoms with Crippen molar-refractivity contribution in [2.75, 3.05) is 17.3 Å². The second kappa shape index (κ2) is 4.18. The summed E-state index contributed by atoms with van der Waals surface area (Å²) in [6.07, 6.45) is 6.18. The van der Waals surface area contributed by atoms with Gasteiger partial charge in [0.2, 0.25) is 0 Å². The van der Waals surface area contributed by atoms with Crippen LogP contribution in [0.2, 0.25) is 0 Å². The zero-order valence-corrected chi connectivity index (χ0v) is 10.6. The average molecular weight is 251 g/mol. The van der Waals surface area contributed by atoms with Gasteiger partial charge in [-0.1, -0.05) is 0 Å². The van der Waals surface area contributed by atoms with Gasteiger partial charge < -0.3 is 4.90 Å². The van der Waals surface area contributed by atoms with Gasteiger partial charge in [-0.05, 0) is 25.8 Å². The van der Waals surface area contributed by atoms with Crippen molar-refractivity contribution in [3.63, 3.8) is 0 Å². The maximum Gasteiger partial charge on any atom is 0.154 e. The van der Waals surface area contributed by atoms with E-state index in [1.807, 2.05) is 17.6 Å². The Hall–Kier alpha value is -1.29. The minimum absolute atomic E-state index is 0.614. The third kappa shape index (κ3) is 1.97. The minimum Gasteiger partial charge on any atom is -0.351 e. The van der Waals surface area contributed by atoms with Crippen molar-refractivity contribution < 1.29 is 0 Å². The smallest absolute Gasteiger partial charge is 0.154 e. The zero-order valence-electron chi connectivity index (χ0n) is 9.80. The van der Waals surface area contributed by atoms with Gasteiger partial charge in [-0.25, -0.2) is 9.50 Å². The first kappa shape index (κ1) is 10.8. The Bertz CT molecular complexity index is 532. The van der Waals surface area contributed by atoms with Crippen molar-refractivity contribution >= 4 is 22.9 Å². The Kier molecular flexibility index (Phi) is 2.67. The summed E-state index contributed by atoms with van der Waals surface area (Å²) in [6.45, 7) is 2.85. The molecule has 2 aromatic heterocycles. The molecule has 4 nitrogen and oxygen atoms in total. The Morgan fingerprint density at radius 3 is 3.06 bits per heavy atom. The molecule has 1 saturated carbocycles. The lowest BCUT2D eigenvalue weighted by Gasteiger charge is -2.22. The van der Waals surface area contributed by atoms with E-state index < -0.39 is 0 Å². The quantitative estimate of drug-likeness (QED) is 0.781. The van der Waals surface area contributed by atoms with Crippen LogP contribution in [0.4, 0.5) is 5.82 Å². The van der Waals surface area contributed by atoms with Gasteiger partial charge in [0, 0.05) is 30.9 Å². The topological polar surface area (TPSA) is 33.4 Å². The number of halogens is 1. The molecule has 0 spiro atoms. The number of fused-ring (bicyclic) bond motifs is 1. The Morgan fingerprint density at radius 1 is 1.53 bits per heavy atom. The summed E-state index contributed by atoms with van der Waals surface area (Å²) in [6, 6.07) is 2.69. The summed E-state index contributed by atoms with van der Waals surface area (Å²) in [5.74, 6) is 1.64. The second-order valence-corrected chi connectivity index (χ2v) is 4.86. The molecule has 1 fully saturated rings. The summed E-state index contributed by atoms with van der Waals surface area (Å²) in [7, 11) is 0.